The molecular weight excluding hydrogens is 376 g/mol. The molecule has 3 aromatic carbocycles. The predicted molar refractivity (Wildman–Crippen MR) is 118 cm³/mol. The number of esters is 1. The Morgan fingerprint density at radius 1 is 0.833 bits per heavy atom. The van der Waals surface area contributed by atoms with Crippen LogP contribution in [-0.4, -0.2) is 38.3 Å². The second-order valence-electron chi connectivity index (χ2n) is 6.91. The van der Waals surface area contributed by atoms with Gasteiger partial charge in [0.25, 0.3) is 0 Å². The summed E-state index contributed by atoms with van der Waals surface area (Å²) in [6, 6.07) is 28.5. The van der Waals surface area contributed by atoms with Gasteiger partial charge >= 0.3 is 5.97 Å². The third-order valence-corrected chi connectivity index (χ3v) is 5.19. The Balaban J connectivity index is 2.22. The standard InChI is InChI=1S/C25H28N2O3/c1-4-27(19-24(28)30-3)26-25(20-11-7-5-8-12-20,21-13-9-6-10-14-21)22-15-17-23(29-2)18-16-22/h5-18,26H,4,19H2,1-3H3. The highest BCUT2D eigenvalue weighted by atomic mass is 16.5. The number of benzene rings is 3. The molecule has 0 aliphatic heterocycles. The average molecular weight is 405 g/mol. The Morgan fingerprint density at radius 2 is 1.33 bits per heavy atom. The maximum atomic E-state index is 12.0. The van der Waals surface area contributed by atoms with Crippen molar-refractivity contribution in [2.24, 2.45) is 0 Å². The Labute approximate surface area is 178 Å². The topological polar surface area (TPSA) is 50.8 Å². The number of ether oxygens (including phenoxy) is 2. The van der Waals surface area contributed by atoms with Crippen LogP contribution in [0.15, 0.2) is 84.9 Å². The van der Waals surface area contributed by atoms with Crippen molar-refractivity contribution in [1.29, 1.82) is 0 Å². The highest BCUT2D eigenvalue weighted by Gasteiger charge is 2.38. The van der Waals surface area contributed by atoms with Crippen LogP contribution in [0.25, 0.3) is 0 Å². The van der Waals surface area contributed by atoms with Crippen LogP contribution in [0.5, 0.6) is 5.75 Å². The van der Waals surface area contributed by atoms with E-state index in [1.165, 1.54) is 7.11 Å². The van der Waals surface area contributed by atoms with Gasteiger partial charge in [0.05, 0.1) is 14.2 Å². The van der Waals surface area contributed by atoms with Gasteiger partial charge in [-0.3, -0.25) is 4.79 Å². The summed E-state index contributed by atoms with van der Waals surface area (Å²) in [6.07, 6.45) is 0. The van der Waals surface area contributed by atoms with Gasteiger partial charge < -0.3 is 9.47 Å². The van der Waals surface area contributed by atoms with E-state index < -0.39 is 5.54 Å². The molecule has 0 unspecified atom stereocenters. The van der Waals surface area contributed by atoms with Gasteiger partial charge in [0.15, 0.2) is 0 Å². The van der Waals surface area contributed by atoms with Crippen LogP contribution >= 0.6 is 0 Å². The molecule has 0 aromatic heterocycles. The van der Waals surface area contributed by atoms with Crippen molar-refractivity contribution in [3.63, 3.8) is 0 Å². The molecule has 0 aliphatic rings. The Morgan fingerprint density at radius 3 is 1.77 bits per heavy atom. The SMILES string of the molecule is CCN(CC(=O)OC)NC(c1ccccc1)(c1ccccc1)c1ccc(OC)cc1. The van der Waals surface area contributed by atoms with Crippen molar-refractivity contribution in [2.45, 2.75) is 12.5 Å². The van der Waals surface area contributed by atoms with Crippen molar-refractivity contribution in [3.8, 4) is 5.75 Å². The largest absolute Gasteiger partial charge is 0.497 e. The van der Waals surface area contributed by atoms with Crippen LogP contribution in [0, 0.1) is 0 Å². The monoisotopic (exact) mass is 404 g/mol. The number of methoxy groups -OCH3 is 2. The molecule has 0 saturated heterocycles. The highest BCUT2D eigenvalue weighted by Crippen LogP contribution is 2.37. The molecule has 0 radical (unpaired) electrons. The molecular formula is C25H28N2O3. The van der Waals surface area contributed by atoms with Crippen LogP contribution in [-0.2, 0) is 15.1 Å². The fraction of sp³-hybridized carbons (Fsp3) is 0.240. The molecule has 156 valence electrons. The van der Waals surface area contributed by atoms with Gasteiger partial charge in [0, 0.05) is 6.54 Å². The van der Waals surface area contributed by atoms with Gasteiger partial charge in [-0.2, -0.15) is 0 Å². The molecule has 1 N–H and O–H groups in total. The molecule has 0 fully saturated rings. The fourth-order valence-corrected chi connectivity index (χ4v) is 3.60. The van der Waals surface area contributed by atoms with Gasteiger partial charge in [0.1, 0.15) is 17.8 Å². The van der Waals surface area contributed by atoms with Crippen LogP contribution in [0.2, 0.25) is 0 Å². The second kappa shape index (κ2) is 10.1. The van der Waals surface area contributed by atoms with E-state index in [2.05, 4.69) is 41.8 Å². The molecule has 3 aromatic rings. The van der Waals surface area contributed by atoms with Crippen LogP contribution in [0.4, 0.5) is 0 Å². The molecule has 0 atom stereocenters. The van der Waals surface area contributed by atoms with Gasteiger partial charge in [0.2, 0.25) is 0 Å². The normalized spacial score (nSPS) is 11.3. The number of likely N-dealkylation sites (N-methyl/N-ethyl adjacent to an activating group) is 1. The summed E-state index contributed by atoms with van der Waals surface area (Å²) in [5.74, 6) is 0.491. The number of hydrogen-bond acceptors (Lipinski definition) is 5. The molecule has 0 bridgehead atoms. The maximum absolute atomic E-state index is 12.0. The second-order valence-corrected chi connectivity index (χ2v) is 6.91. The zero-order valence-corrected chi connectivity index (χ0v) is 17.7. The van der Waals surface area contributed by atoms with E-state index in [1.807, 2.05) is 60.5 Å². The lowest BCUT2D eigenvalue weighted by Gasteiger charge is -2.41. The minimum absolute atomic E-state index is 0.130. The van der Waals surface area contributed by atoms with E-state index in [0.29, 0.717) is 6.54 Å². The summed E-state index contributed by atoms with van der Waals surface area (Å²) in [4.78, 5) is 12.0. The number of rotatable bonds is 9. The average Bonchev–Trinajstić information content (AvgIpc) is 2.83. The van der Waals surface area contributed by atoms with Gasteiger partial charge in [-0.05, 0) is 28.8 Å². The Kier molecular flexibility index (Phi) is 7.22. The first-order valence-electron chi connectivity index (χ1n) is 9.99. The molecule has 0 amide bonds. The van der Waals surface area contributed by atoms with Gasteiger partial charge in [-0.15, -0.1) is 0 Å². The van der Waals surface area contributed by atoms with Crippen molar-refractivity contribution in [3.05, 3.63) is 102 Å². The summed E-state index contributed by atoms with van der Waals surface area (Å²) >= 11 is 0. The predicted octanol–water partition coefficient (Wildman–Crippen LogP) is 3.99. The van der Waals surface area contributed by atoms with Gasteiger partial charge in [-0.25, -0.2) is 10.4 Å². The quantitative estimate of drug-likeness (QED) is 0.332. The van der Waals surface area contributed by atoms with E-state index >= 15 is 0 Å². The summed E-state index contributed by atoms with van der Waals surface area (Å²) in [7, 11) is 3.06. The number of nitrogens with one attached hydrogen (secondary N) is 1. The minimum Gasteiger partial charge on any atom is -0.497 e. The molecule has 3 rings (SSSR count). The Hall–Kier alpha value is -3.15. The smallest absolute Gasteiger partial charge is 0.321 e. The zero-order valence-electron chi connectivity index (χ0n) is 17.7. The van der Waals surface area contributed by atoms with Crippen molar-refractivity contribution < 1.29 is 14.3 Å². The number of carbonyl (C=O) groups excluding carboxylic acids is 1. The first kappa shape index (κ1) is 21.6. The molecule has 5 nitrogen and oxygen atoms in total. The van der Waals surface area contributed by atoms with Crippen LogP contribution < -0.4 is 10.2 Å². The summed E-state index contributed by atoms with van der Waals surface area (Å²) in [5, 5.41) is 1.88. The van der Waals surface area contributed by atoms with Gasteiger partial charge in [-0.1, -0.05) is 79.7 Å². The lowest BCUT2D eigenvalue weighted by atomic mass is 9.77. The minimum atomic E-state index is -0.710. The zero-order chi connectivity index (χ0) is 21.4. The van der Waals surface area contributed by atoms with Crippen molar-refractivity contribution >= 4 is 5.97 Å². The van der Waals surface area contributed by atoms with Crippen LogP contribution in [0.3, 0.4) is 0 Å². The fourth-order valence-electron chi connectivity index (χ4n) is 3.60. The molecule has 30 heavy (non-hydrogen) atoms. The van der Waals surface area contributed by atoms with E-state index in [9.17, 15) is 4.79 Å². The third kappa shape index (κ3) is 4.53. The molecule has 0 heterocycles. The van der Waals surface area contributed by atoms with E-state index in [0.717, 1.165) is 22.4 Å². The number of carbonyl (C=O) groups is 1. The Bertz CT molecular complexity index is 888. The van der Waals surface area contributed by atoms with E-state index in [4.69, 9.17) is 9.47 Å². The summed E-state index contributed by atoms with van der Waals surface area (Å²) in [5.41, 5.74) is 6.10. The summed E-state index contributed by atoms with van der Waals surface area (Å²) in [6.45, 7) is 2.75. The molecule has 0 aliphatic carbocycles. The number of hydrogen-bond donors (Lipinski definition) is 1. The van der Waals surface area contributed by atoms with Crippen LogP contribution in [0.1, 0.15) is 23.6 Å². The lowest BCUT2D eigenvalue weighted by molar-refractivity contribution is -0.143. The van der Waals surface area contributed by atoms with E-state index in [1.54, 1.807) is 7.11 Å². The van der Waals surface area contributed by atoms with Crippen molar-refractivity contribution in [1.82, 2.24) is 10.4 Å². The third-order valence-electron chi connectivity index (χ3n) is 5.19. The number of nitrogens with zero attached hydrogens (tertiary/aromatic N) is 1. The molecule has 0 spiro atoms. The summed E-state index contributed by atoms with van der Waals surface area (Å²) < 4.78 is 10.3. The van der Waals surface area contributed by atoms with Crippen molar-refractivity contribution in [2.75, 3.05) is 27.3 Å². The molecule has 0 saturated carbocycles. The first-order chi connectivity index (χ1) is 14.6. The van der Waals surface area contributed by atoms with E-state index in [-0.39, 0.29) is 12.5 Å². The maximum Gasteiger partial charge on any atom is 0.321 e. The molecule has 5 heteroatoms. The highest BCUT2D eigenvalue weighted by molar-refractivity contribution is 5.71. The lowest BCUT2D eigenvalue weighted by Crippen LogP contribution is -2.55. The number of hydrazine groups is 1. The first-order valence-corrected chi connectivity index (χ1v) is 9.99.